The molecule has 1 saturated carbocycles. The highest BCUT2D eigenvalue weighted by molar-refractivity contribution is 5.01. The van der Waals surface area contributed by atoms with Crippen LogP contribution in [0.4, 0.5) is 0 Å². The summed E-state index contributed by atoms with van der Waals surface area (Å²) in [5, 5.41) is 3.45. The van der Waals surface area contributed by atoms with Crippen molar-refractivity contribution in [2.75, 3.05) is 6.54 Å². The normalized spacial score (nSPS) is 16.8. The van der Waals surface area contributed by atoms with Gasteiger partial charge in [0, 0.05) is 24.5 Å². The lowest BCUT2D eigenvalue weighted by atomic mass is 10.0. The van der Waals surface area contributed by atoms with Gasteiger partial charge in [-0.05, 0) is 25.3 Å². The van der Waals surface area contributed by atoms with Gasteiger partial charge in [0.1, 0.15) is 6.33 Å². The Morgan fingerprint density at radius 3 is 2.69 bits per heavy atom. The zero-order valence-electron chi connectivity index (χ0n) is 9.86. The van der Waals surface area contributed by atoms with Gasteiger partial charge in [0.25, 0.3) is 0 Å². The van der Waals surface area contributed by atoms with Crippen molar-refractivity contribution in [2.45, 2.75) is 45.1 Å². The van der Waals surface area contributed by atoms with Crippen molar-refractivity contribution in [1.29, 1.82) is 0 Å². The molecule has 0 bridgehead atoms. The first kappa shape index (κ1) is 11.5. The quantitative estimate of drug-likeness (QED) is 0.747. The molecule has 1 fully saturated rings. The summed E-state index contributed by atoms with van der Waals surface area (Å²) in [6, 6.07) is 0. The zero-order chi connectivity index (χ0) is 11.1. The van der Waals surface area contributed by atoms with E-state index in [-0.39, 0.29) is 0 Å². The summed E-state index contributed by atoms with van der Waals surface area (Å²) in [5.41, 5.74) is 1.17. The van der Waals surface area contributed by atoms with Crippen LogP contribution in [-0.4, -0.2) is 16.5 Å². The lowest BCUT2D eigenvalue weighted by molar-refractivity contribution is 0.470. The Balaban J connectivity index is 1.52. The second-order valence-corrected chi connectivity index (χ2v) is 4.72. The molecule has 88 valence electrons. The number of nitrogens with one attached hydrogen (secondary N) is 1. The molecule has 3 heteroatoms. The highest BCUT2D eigenvalue weighted by Gasteiger charge is 2.13. The van der Waals surface area contributed by atoms with Gasteiger partial charge in [0.05, 0.1) is 0 Å². The third-order valence-corrected chi connectivity index (χ3v) is 3.38. The van der Waals surface area contributed by atoms with Gasteiger partial charge in [-0.1, -0.05) is 25.7 Å². The summed E-state index contributed by atoms with van der Waals surface area (Å²) < 4.78 is 0. The molecule has 3 nitrogen and oxygen atoms in total. The Morgan fingerprint density at radius 2 is 1.94 bits per heavy atom. The van der Waals surface area contributed by atoms with Crippen molar-refractivity contribution >= 4 is 0 Å². The predicted molar refractivity (Wildman–Crippen MR) is 64.9 cm³/mol. The average molecular weight is 219 g/mol. The summed E-state index contributed by atoms with van der Waals surface area (Å²) in [5.74, 6) is 1.02. The molecule has 1 aliphatic rings. The maximum atomic E-state index is 4.00. The van der Waals surface area contributed by atoms with Gasteiger partial charge < -0.3 is 5.32 Å². The Morgan fingerprint density at radius 1 is 1.19 bits per heavy atom. The van der Waals surface area contributed by atoms with Gasteiger partial charge in [-0.2, -0.15) is 0 Å². The maximum Gasteiger partial charge on any atom is 0.115 e. The van der Waals surface area contributed by atoms with Gasteiger partial charge >= 0.3 is 0 Å². The fourth-order valence-corrected chi connectivity index (χ4v) is 2.47. The SMILES string of the molecule is c1ncc(CNCCCC2CCCC2)cn1. The molecule has 1 aromatic heterocycles. The standard InChI is InChI=1S/C13H21N3/c1-2-5-12(4-1)6-3-7-14-8-13-9-15-11-16-10-13/h9-12,14H,1-8H2. The molecule has 0 radical (unpaired) electrons. The number of hydrogen-bond acceptors (Lipinski definition) is 3. The number of nitrogens with zero attached hydrogens (tertiary/aromatic N) is 2. The van der Waals surface area contributed by atoms with Crippen LogP contribution in [0.5, 0.6) is 0 Å². The summed E-state index contributed by atoms with van der Waals surface area (Å²) in [4.78, 5) is 7.99. The molecule has 1 aliphatic carbocycles. The molecule has 0 aliphatic heterocycles. The molecule has 2 rings (SSSR count). The minimum atomic E-state index is 0.894. The minimum absolute atomic E-state index is 0.894. The van der Waals surface area contributed by atoms with E-state index in [2.05, 4.69) is 15.3 Å². The van der Waals surface area contributed by atoms with Crippen LogP contribution in [0.1, 0.15) is 44.1 Å². The van der Waals surface area contributed by atoms with Crippen LogP contribution in [0.2, 0.25) is 0 Å². The minimum Gasteiger partial charge on any atom is -0.313 e. The van der Waals surface area contributed by atoms with E-state index in [1.54, 1.807) is 6.33 Å². The van der Waals surface area contributed by atoms with E-state index in [0.717, 1.165) is 19.0 Å². The van der Waals surface area contributed by atoms with Crippen LogP contribution in [0.25, 0.3) is 0 Å². The molecule has 1 heterocycles. The van der Waals surface area contributed by atoms with Crippen molar-refractivity contribution < 1.29 is 0 Å². The summed E-state index contributed by atoms with van der Waals surface area (Å²) in [6.07, 6.45) is 13.9. The van der Waals surface area contributed by atoms with Crippen LogP contribution in [0, 0.1) is 5.92 Å². The monoisotopic (exact) mass is 219 g/mol. The Hall–Kier alpha value is -0.960. The van der Waals surface area contributed by atoms with Crippen molar-refractivity contribution in [3.8, 4) is 0 Å². The van der Waals surface area contributed by atoms with E-state index in [1.807, 2.05) is 12.4 Å². The summed E-state index contributed by atoms with van der Waals surface area (Å²) >= 11 is 0. The Kier molecular flexibility index (Phi) is 4.74. The maximum absolute atomic E-state index is 4.00. The molecule has 1 aromatic rings. The molecule has 0 atom stereocenters. The van der Waals surface area contributed by atoms with Gasteiger partial charge in [0.2, 0.25) is 0 Å². The third-order valence-electron chi connectivity index (χ3n) is 3.38. The Bertz CT molecular complexity index is 280. The number of rotatable bonds is 6. The molecule has 0 aromatic carbocycles. The van der Waals surface area contributed by atoms with Crippen LogP contribution in [-0.2, 0) is 6.54 Å². The van der Waals surface area contributed by atoms with Gasteiger partial charge in [-0.3, -0.25) is 0 Å². The van der Waals surface area contributed by atoms with Gasteiger partial charge in [0.15, 0.2) is 0 Å². The molecular formula is C13H21N3. The Labute approximate surface area is 97.7 Å². The summed E-state index contributed by atoms with van der Waals surface area (Å²) in [6.45, 7) is 2.01. The largest absolute Gasteiger partial charge is 0.313 e. The molecular weight excluding hydrogens is 198 g/mol. The number of hydrogen-bond donors (Lipinski definition) is 1. The first-order valence-corrected chi connectivity index (χ1v) is 6.40. The van der Waals surface area contributed by atoms with Gasteiger partial charge in [-0.25, -0.2) is 9.97 Å². The first-order chi connectivity index (χ1) is 7.95. The molecule has 0 unspecified atom stereocenters. The van der Waals surface area contributed by atoms with Gasteiger partial charge in [-0.15, -0.1) is 0 Å². The lowest BCUT2D eigenvalue weighted by Crippen LogP contribution is -2.15. The predicted octanol–water partition coefficient (Wildman–Crippen LogP) is 2.54. The number of aromatic nitrogens is 2. The average Bonchev–Trinajstić information content (AvgIpc) is 2.83. The highest BCUT2D eigenvalue weighted by Crippen LogP contribution is 2.28. The lowest BCUT2D eigenvalue weighted by Gasteiger charge is -2.08. The van der Waals surface area contributed by atoms with Crippen molar-refractivity contribution in [2.24, 2.45) is 5.92 Å². The first-order valence-electron chi connectivity index (χ1n) is 6.40. The molecule has 1 N–H and O–H groups in total. The second kappa shape index (κ2) is 6.59. The molecule has 0 saturated heterocycles. The molecule has 0 amide bonds. The second-order valence-electron chi connectivity index (χ2n) is 4.72. The fourth-order valence-electron chi connectivity index (χ4n) is 2.47. The van der Waals surface area contributed by atoms with Crippen molar-refractivity contribution in [3.63, 3.8) is 0 Å². The van der Waals surface area contributed by atoms with Crippen LogP contribution in [0.3, 0.4) is 0 Å². The smallest absolute Gasteiger partial charge is 0.115 e. The van der Waals surface area contributed by atoms with Crippen LogP contribution < -0.4 is 5.32 Å². The van der Waals surface area contributed by atoms with E-state index in [9.17, 15) is 0 Å². The third kappa shape index (κ3) is 3.89. The van der Waals surface area contributed by atoms with Crippen LogP contribution >= 0.6 is 0 Å². The molecule has 16 heavy (non-hydrogen) atoms. The highest BCUT2D eigenvalue weighted by atomic mass is 14.9. The van der Waals surface area contributed by atoms with Crippen LogP contribution in [0.15, 0.2) is 18.7 Å². The topological polar surface area (TPSA) is 37.8 Å². The van der Waals surface area contributed by atoms with E-state index in [0.29, 0.717) is 0 Å². The van der Waals surface area contributed by atoms with Crippen molar-refractivity contribution in [3.05, 3.63) is 24.3 Å². The van der Waals surface area contributed by atoms with E-state index >= 15 is 0 Å². The fraction of sp³-hybridized carbons (Fsp3) is 0.692. The summed E-state index contributed by atoms with van der Waals surface area (Å²) in [7, 11) is 0. The van der Waals surface area contributed by atoms with E-state index < -0.39 is 0 Å². The molecule has 0 spiro atoms. The van der Waals surface area contributed by atoms with Crippen molar-refractivity contribution in [1.82, 2.24) is 15.3 Å². The van der Waals surface area contributed by atoms with E-state index in [4.69, 9.17) is 0 Å². The zero-order valence-corrected chi connectivity index (χ0v) is 9.86. The van der Waals surface area contributed by atoms with E-state index in [1.165, 1.54) is 44.1 Å².